The van der Waals surface area contributed by atoms with Crippen molar-refractivity contribution in [2.75, 3.05) is 23.7 Å². The third-order valence-corrected chi connectivity index (χ3v) is 5.32. The molecule has 0 radical (unpaired) electrons. The van der Waals surface area contributed by atoms with Crippen molar-refractivity contribution in [3.8, 4) is 0 Å². The summed E-state index contributed by atoms with van der Waals surface area (Å²) in [6.45, 7) is 10.0. The molecule has 2 rings (SSSR count). The van der Waals surface area contributed by atoms with Gasteiger partial charge in [-0.25, -0.2) is 23.5 Å². The second kappa shape index (κ2) is 7.13. The smallest absolute Gasteiger partial charge is 0.225 e. The molecule has 1 aromatic heterocycles. The highest BCUT2D eigenvalue weighted by molar-refractivity contribution is 7.89. The minimum absolute atomic E-state index is 0.0765. The quantitative estimate of drug-likeness (QED) is 0.883. The van der Waals surface area contributed by atoms with Gasteiger partial charge in [0.1, 0.15) is 0 Å². The lowest BCUT2D eigenvalue weighted by Gasteiger charge is -2.32. The van der Waals surface area contributed by atoms with Crippen LogP contribution in [0.2, 0.25) is 0 Å². The van der Waals surface area contributed by atoms with Crippen molar-refractivity contribution in [3.05, 3.63) is 17.0 Å². The number of hydrogen-bond acceptors (Lipinski definition) is 5. The van der Waals surface area contributed by atoms with Crippen molar-refractivity contribution in [2.45, 2.75) is 47.0 Å². The van der Waals surface area contributed by atoms with E-state index in [0.717, 1.165) is 49.7 Å². The van der Waals surface area contributed by atoms with E-state index >= 15 is 0 Å². The molecule has 7 heteroatoms. The van der Waals surface area contributed by atoms with Gasteiger partial charge in [0.25, 0.3) is 0 Å². The van der Waals surface area contributed by atoms with E-state index in [1.165, 1.54) is 5.56 Å². The summed E-state index contributed by atoms with van der Waals surface area (Å²) in [7, 11) is -3.39. The van der Waals surface area contributed by atoms with Gasteiger partial charge < -0.3 is 4.90 Å². The Bertz CT molecular complexity index is 627. The van der Waals surface area contributed by atoms with E-state index in [4.69, 9.17) is 5.14 Å². The zero-order chi connectivity index (χ0) is 17.2. The molecule has 0 aromatic carbocycles. The van der Waals surface area contributed by atoms with E-state index in [0.29, 0.717) is 5.92 Å². The van der Waals surface area contributed by atoms with Gasteiger partial charge in [-0.15, -0.1) is 0 Å². The summed E-state index contributed by atoms with van der Waals surface area (Å²) in [6.07, 6.45) is 2.62. The maximum Gasteiger partial charge on any atom is 0.225 e. The summed E-state index contributed by atoms with van der Waals surface area (Å²) in [5.41, 5.74) is 3.34. The zero-order valence-corrected chi connectivity index (χ0v) is 15.4. The molecule has 0 saturated carbocycles. The van der Waals surface area contributed by atoms with Gasteiger partial charge in [-0.3, -0.25) is 0 Å². The summed E-state index contributed by atoms with van der Waals surface area (Å²) in [5, 5.41) is 5.14. The molecule has 1 saturated heterocycles. The Balaban J connectivity index is 2.07. The summed E-state index contributed by atoms with van der Waals surface area (Å²) >= 11 is 0. The summed E-state index contributed by atoms with van der Waals surface area (Å²) in [5.74, 6) is 1.56. The van der Waals surface area contributed by atoms with E-state index in [1.807, 2.05) is 13.8 Å². The molecule has 0 aliphatic carbocycles. The largest absolute Gasteiger partial charge is 0.341 e. The first-order valence-corrected chi connectivity index (χ1v) is 9.96. The predicted octanol–water partition coefficient (Wildman–Crippen LogP) is 1.80. The van der Waals surface area contributed by atoms with E-state index in [1.54, 1.807) is 0 Å². The number of aryl methyl sites for hydroxylation is 2. The number of nitrogens with zero attached hydrogens (tertiary/aromatic N) is 3. The van der Waals surface area contributed by atoms with Crippen molar-refractivity contribution in [1.29, 1.82) is 0 Å². The summed E-state index contributed by atoms with van der Waals surface area (Å²) in [6, 6.07) is 0. The monoisotopic (exact) mass is 340 g/mol. The van der Waals surface area contributed by atoms with Crippen LogP contribution in [-0.2, 0) is 16.4 Å². The average Bonchev–Trinajstić information content (AvgIpc) is 2.41. The minimum atomic E-state index is -3.39. The standard InChI is InChI=1S/C16H28N4O2S/c1-11(2)9-15-12(3)18-16(19-13(15)4)20-7-5-14(6-8-20)10-23(17,21)22/h11,14H,5-10H2,1-4H3,(H2,17,21,22). The molecule has 2 heterocycles. The Morgan fingerprint density at radius 2 is 1.70 bits per heavy atom. The molecule has 130 valence electrons. The van der Waals surface area contributed by atoms with E-state index in [-0.39, 0.29) is 11.7 Å². The van der Waals surface area contributed by atoms with Crippen LogP contribution in [0.5, 0.6) is 0 Å². The molecule has 0 spiro atoms. The second-order valence-electron chi connectivity index (χ2n) is 7.03. The van der Waals surface area contributed by atoms with Crippen LogP contribution in [0.25, 0.3) is 0 Å². The number of piperidine rings is 1. The normalized spacial score (nSPS) is 17.0. The fraction of sp³-hybridized carbons (Fsp3) is 0.750. The van der Waals surface area contributed by atoms with Gasteiger partial charge in [0.05, 0.1) is 5.75 Å². The fourth-order valence-corrected chi connectivity index (χ4v) is 4.19. The first kappa shape index (κ1) is 18.1. The second-order valence-corrected chi connectivity index (χ2v) is 8.69. The van der Waals surface area contributed by atoms with Crippen molar-refractivity contribution < 1.29 is 8.42 Å². The van der Waals surface area contributed by atoms with E-state index < -0.39 is 10.0 Å². The van der Waals surface area contributed by atoms with Crippen LogP contribution in [0, 0.1) is 25.7 Å². The number of rotatable bonds is 5. The van der Waals surface area contributed by atoms with Gasteiger partial charge in [-0.1, -0.05) is 13.8 Å². The molecule has 2 N–H and O–H groups in total. The van der Waals surface area contributed by atoms with Crippen molar-refractivity contribution >= 4 is 16.0 Å². The van der Waals surface area contributed by atoms with Crippen LogP contribution in [0.3, 0.4) is 0 Å². The Morgan fingerprint density at radius 1 is 1.17 bits per heavy atom. The lowest BCUT2D eigenvalue weighted by Crippen LogP contribution is -2.38. The first-order valence-electron chi connectivity index (χ1n) is 8.25. The lowest BCUT2D eigenvalue weighted by molar-refractivity contribution is 0.431. The first-order chi connectivity index (χ1) is 10.7. The Kier molecular flexibility index (Phi) is 5.62. The lowest BCUT2D eigenvalue weighted by atomic mass is 9.99. The molecule has 0 unspecified atom stereocenters. The average molecular weight is 340 g/mol. The van der Waals surface area contributed by atoms with E-state index in [9.17, 15) is 8.42 Å². The predicted molar refractivity (Wildman–Crippen MR) is 93.0 cm³/mol. The van der Waals surface area contributed by atoms with Crippen molar-refractivity contribution in [2.24, 2.45) is 17.0 Å². The summed E-state index contributed by atoms with van der Waals surface area (Å²) < 4.78 is 22.4. The Hall–Kier alpha value is -1.21. The summed E-state index contributed by atoms with van der Waals surface area (Å²) in [4.78, 5) is 11.5. The van der Waals surface area contributed by atoms with E-state index in [2.05, 4.69) is 28.7 Å². The molecule has 0 bridgehead atoms. The number of nitrogens with two attached hydrogens (primary N) is 1. The number of aromatic nitrogens is 2. The van der Waals surface area contributed by atoms with Crippen LogP contribution in [-0.4, -0.2) is 37.2 Å². The van der Waals surface area contributed by atoms with Gasteiger partial charge in [0.2, 0.25) is 16.0 Å². The van der Waals surface area contributed by atoms with Gasteiger partial charge in [0, 0.05) is 24.5 Å². The topological polar surface area (TPSA) is 89.2 Å². The highest BCUT2D eigenvalue weighted by atomic mass is 32.2. The molecule has 0 atom stereocenters. The molecular weight excluding hydrogens is 312 g/mol. The SMILES string of the molecule is Cc1nc(N2CCC(CS(N)(=O)=O)CC2)nc(C)c1CC(C)C. The molecule has 1 aliphatic heterocycles. The number of anilines is 1. The third-order valence-electron chi connectivity index (χ3n) is 4.39. The number of sulfonamides is 1. The zero-order valence-electron chi connectivity index (χ0n) is 14.5. The van der Waals surface area contributed by atoms with Gasteiger partial charge in [-0.2, -0.15) is 0 Å². The van der Waals surface area contributed by atoms with Crippen LogP contribution in [0.1, 0.15) is 43.6 Å². The molecular formula is C16H28N4O2S. The highest BCUT2D eigenvalue weighted by Crippen LogP contribution is 2.24. The Labute approximate surface area is 139 Å². The van der Waals surface area contributed by atoms with Gasteiger partial charge >= 0.3 is 0 Å². The maximum atomic E-state index is 11.2. The van der Waals surface area contributed by atoms with Crippen LogP contribution >= 0.6 is 0 Å². The van der Waals surface area contributed by atoms with Gasteiger partial charge in [0.15, 0.2) is 0 Å². The Morgan fingerprint density at radius 3 is 2.13 bits per heavy atom. The van der Waals surface area contributed by atoms with Crippen LogP contribution in [0.4, 0.5) is 5.95 Å². The maximum absolute atomic E-state index is 11.2. The molecule has 1 fully saturated rings. The fourth-order valence-electron chi connectivity index (χ4n) is 3.20. The molecule has 1 aromatic rings. The minimum Gasteiger partial charge on any atom is -0.341 e. The number of hydrogen-bond donors (Lipinski definition) is 1. The molecule has 23 heavy (non-hydrogen) atoms. The van der Waals surface area contributed by atoms with Gasteiger partial charge in [-0.05, 0) is 50.5 Å². The van der Waals surface area contributed by atoms with Crippen molar-refractivity contribution in [1.82, 2.24) is 9.97 Å². The molecule has 6 nitrogen and oxygen atoms in total. The highest BCUT2D eigenvalue weighted by Gasteiger charge is 2.24. The van der Waals surface area contributed by atoms with Crippen molar-refractivity contribution in [3.63, 3.8) is 0 Å². The van der Waals surface area contributed by atoms with Crippen LogP contribution in [0.15, 0.2) is 0 Å². The van der Waals surface area contributed by atoms with Crippen LogP contribution < -0.4 is 10.0 Å². The molecule has 0 amide bonds. The molecule has 1 aliphatic rings. The number of primary sulfonamides is 1. The third kappa shape index (κ3) is 5.14.